The van der Waals surface area contributed by atoms with Gasteiger partial charge in [0.1, 0.15) is 0 Å². The van der Waals surface area contributed by atoms with Crippen LogP contribution in [0.2, 0.25) is 0 Å². The van der Waals surface area contributed by atoms with Gasteiger partial charge in [-0.15, -0.1) is 0 Å². The molecule has 1 aromatic rings. The van der Waals surface area contributed by atoms with Crippen molar-refractivity contribution in [2.75, 3.05) is 7.11 Å². The van der Waals surface area contributed by atoms with Crippen molar-refractivity contribution in [2.24, 2.45) is 0 Å². The van der Waals surface area contributed by atoms with E-state index in [-0.39, 0.29) is 6.42 Å². The van der Waals surface area contributed by atoms with Crippen LogP contribution in [-0.2, 0) is 20.7 Å². The summed E-state index contributed by atoms with van der Waals surface area (Å²) in [4.78, 5) is 21.4. The lowest BCUT2D eigenvalue weighted by atomic mass is 10.1. The number of methoxy groups -OCH3 is 1. The first kappa shape index (κ1) is 11.8. The van der Waals surface area contributed by atoms with Crippen molar-refractivity contribution in [3.05, 3.63) is 35.4 Å². The maximum absolute atomic E-state index is 10.8. The highest BCUT2D eigenvalue weighted by Crippen LogP contribution is 2.07. The van der Waals surface area contributed by atoms with E-state index < -0.39 is 11.9 Å². The number of rotatable bonds is 2. The monoisotopic (exact) mass is 218 g/mol. The molecule has 82 valence electrons. The van der Waals surface area contributed by atoms with Gasteiger partial charge in [0.15, 0.2) is 0 Å². The standard InChI is InChI=1S/C12H10O4/c1-16-12(15)7-6-9-4-2-3-5-10(9)8-11(13)14/h2-5H,8H2,1H3,(H,13,14). The van der Waals surface area contributed by atoms with Crippen LogP contribution in [0.5, 0.6) is 0 Å². The second-order valence-electron chi connectivity index (χ2n) is 2.97. The zero-order valence-corrected chi connectivity index (χ0v) is 8.69. The number of benzene rings is 1. The van der Waals surface area contributed by atoms with Crippen molar-refractivity contribution in [1.29, 1.82) is 0 Å². The highest BCUT2D eigenvalue weighted by molar-refractivity contribution is 5.89. The lowest BCUT2D eigenvalue weighted by molar-refractivity contribution is -0.136. The first-order valence-corrected chi connectivity index (χ1v) is 4.53. The van der Waals surface area contributed by atoms with Crippen LogP contribution >= 0.6 is 0 Å². The maximum atomic E-state index is 10.8. The normalized spacial score (nSPS) is 8.81. The van der Waals surface area contributed by atoms with Crippen molar-refractivity contribution in [1.82, 2.24) is 0 Å². The largest absolute Gasteiger partial charge is 0.481 e. The van der Waals surface area contributed by atoms with E-state index in [1.54, 1.807) is 24.3 Å². The van der Waals surface area contributed by atoms with Crippen LogP contribution in [0, 0.1) is 11.8 Å². The molecular weight excluding hydrogens is 208 g/mol. The Morgan fingerprint density at radius 1 is 1.38 bits per heavy atom. The van der Waals surface area contributed by atoms with E-state index in [2.05, 4.69) is 16.6 Å². The van der Waals surface area contributed by atoms with Crippen molar-refractivity contribution >= 4 is 11.9 Å². The number of esters is 1. The Morgan fingerprint density at radius 2 is 2.06 bits per heavy atom. The molecule has 4 nitrogen and oxygen atoms in total. The van der Waals surface area contributed by atoms with Gasteiger partial charge in [0, 0.05) is 11.5 Å². The minimum atomic E-state index is -0.938. The van der Waals surface area contributed by atoms with Crippen LogP contribution in [0.15, 0.2) is 24.3 Å². The van der Waals surface area contributed by atoms with E-state index in [9.17, 15) is 9.59 Å². The summed E-state index contributed by atoms with van der Waals surface area (Å²) in [6.45, 7) is 0. The summed E-state index contributed by atoms with van der Waals surface area (Å²) < 4.78 is 4.36. The summed E-state index contributed by atoms with van der Waals surface area (Å²) in [6, 6.07) is 6.78. The third-order valence-electron chi connectivity index (χ3n) is 1.84. The van der Waals surface area contributed by atoms with E-state index in [1.165, 1.54) is 7.11 Å². The number of carboxylic acids is 1. The van der Waals surface area contributed by atoms with Gasteiger partial charge in [0.25, 0.3) is 0 Å². The van der Waals surface area contributed by atoms with Crippen molar-refractivity contribution in [3.8, 4) is 11.8 Å². The first-order chi connectivity index (χ1) is 7.63. The van der Waals surface area contributed by atoms with E-state index >= 15 is 0 Å². The molecule has 16 heavy (non-hydrogen) atoms. The summed E-state index contributed by atoms with van der Waals surface area (Å²) in [6.07, 6.45) is -0.119. The summed E-state index contributed by atoms with van der Waals surface area (Å²) in [5.74, 6) is 3.25. The Kier molecular flexibility index (Phi) is 4.10. The summed E-state index contributed by atoms with van der Waals surface area (Å²) in [5, 5.41) is 8.68. The smallest absolute Gasteiger partial charge is 0.384 e. The lowest BCUT2D eigenvalue weighted by Gasteiger charge is -1.99. The Hall–Kier alpha value is -2.28. The second kappa shape index (κ2) is 5.56. The molecule has 1 rings (SSSR count). The van der Waals surface area contributed by atoms with Gasteiger partial charge in [0.2, 0.25) is 0 Å². The molecular formula is C12H10O4. The van der Waals surface area contributed by atoms with Crippen LogP contribution < -0.4 is 0 Å². The van der Waals surface area contributed by atoms with Crippen LogP contribution in [0.1, 0.15) is 11.1 Å². The van der Waals surface area contributed by atoms with E-state index in [1.807, 2.05) is 0 Å². The quantitative estimate of drug-likeness (QED) is 0.590. The number of hydrogen-bond acceptors (Lipinski definition) is 3. The molecule has 0 unspecified atom stereocenters. The molecule has 1 N–H and O–H groups in total. The average Bonchev–Trinajstić information content (AvgIpc) is 2.26. The van der Waals surface area contributed by atoms with Gasteiger partial charge < -0.3 is 9.84 Å². The molecule has 0 radical (unpaired) electrons. The Bertz CT molecular complexity index is 465. The minimum absolute atomic E-state index is 0.119. The number of ether oxygens (including phenoxy) is 1. The Morgan fingerprint density at radius 3 is 2.69 bits per heavy atom. The second-order valence-corrected chi connectivity index (χ2v) is 2.97. The van der Waals surface area contributed by atoms with Gasteiger partial charge in [-0.25, -0.2) is 4.79 Å². The van der Waals surface area contributed by atoms with Crippen molar-refractivity contribution in [2.45, 2.75) is 6.42 Å². The fourth-order valence-corrected chi connectivity index (χ4v) is 1.13. The van der Waals surface area contributed by atoms with Crippen LogP contribution in [0.3, 0.4) is 0 Å². The minimum Gasteiger partial charge on any atom is -0.481 e. The molecule has 4 heteroatoms. The molecule has 0 heterocycles. The highest BCUT2D eigenvalue weighted by Gasteiger charge is 2.04. The molecule has 0 fully saturated rings. The predicted molar refractivity (Wildman–Crippen MR) is 56.7 cm³/mol. The number of carbonyl (C=O) groups excluding carboxylic acids is 1. The van der Waals surface area contributed by atoms with Crippen LogP contribution in [0.25, 0.3) is 0 Å². The third-order valence-corrected chi connectivity index (χ3v) is 1.84. The molecule has 0 atom stereocenters. The van der Waals surface area contributed by atoms with E-state index in [0.717, 1.165) is 0 Å². The number of carbonyl (C=O) groups is 2. The van der Waals surface area contributed by atoms with Crippen LogP contribution in [-0.4, -0.2) is 24.2 Å². The molecule has 0 saturated carbocycles. The highest BCUT2D eigenvalue weighted by atomic mass is 16.5. The van der Waals surface area contributed by atoms with Gasteiger partial charge in [-0.2, -0.15) is 0 Å². The fourth-order valence-electron chi connectivity index (χ4n) is 1.13. The van der Waals surface area contributed by atoms with Gasteiger partial charge >= 0.3 is 11.9 Å². The molecule has 1 aromatic carbocycles. The van der Waals surface area contributed by atoms with Crippen molar-refractivity contribution in [3.63, 3.8) is 0 Å². The molecule has 0 amide bonds. The van der Waals surface area contributed by atoms with E-state index in [4.69, 9.17) is 5.11 Å². The van der Waals surface area contributed by atoms with Gasteiger partial charge in [-0.3, -0.25) is 4.79 Å². The molecule has 0 bridgehead atoms. The van der Waals surface area contributed by atoms with E-state index in [0.29, 0.717) is 11.1 Å². The molecule has 0 aromatic heterocycles. The third kappa shape index (κ3) is 3.46. The topological polar surface area (TPSA) is 63.6 Å². The van der Waals surface area contributed by atoms with Crippen molar-refractivity contribution < 1.29 is 19.4 Å². The molecule has 0 spiro atoms. The summed E-state index contributed by atoms with van der Waals surface area (Å²) in [5.41, 5.74) is 1.10. The summed E-state index contributed by atoms with van der Waals surface area (Å²) >= 11 is 0. The van der Waals surface area contributed by atoms with Crippen LogP contribution in [0.4, 0.5) is 0 Å². The zero-order valence-electron chi connectivity index (χ0n) is 8.69. The summed E-state index contributed by atoms with van der Waals surface area (Å²) in [7, 11) is 1.24. The number of carboxylic acid groups (broad SMARTS) is 1. The van der Waals surface area contributed by atoms with Gasteiger partial charge in [0.05, 0.1) is 13.5 Å². The Balaban J connectivity index is 2.98. The zero-order chi connectivity index (χ0) is 12.0. The fraction of sp³-hybridized carbons (Fsp3) is 0.167. The SMILES string of the molecule is COC(=O)C#Cc1ccccc1CC(=O)O. The van der Waals surface area contributed by atoms with Gasteiger partial charge in [-0.05, 0) is 11.6 Å². The lowest BCUT2D eigenvalue weighted by Crippen LogP contribution is -2.02. The number of aliphatic carboxylic acids is 1. The molecule has 0 saturated heterocycles. The average molecular weight is 218 g/mol. The molecule has 0 aliphatic carbocycles. The first-order valence-electron chi connectivity index (χ1n) is 4.53. The predicted octanol–water partition coefficient (Wildman–Crippen LogP) is 0.838. The maximum Gasteiger partial charge on any atom is 0.384 e. The molecule has 0 aliphatic heterocycles. The van der Waals surface area contributed by atoms with Gasteiger partial charge in [-0.1, -0.05) is 24.1 Å². The Labute approximate surface area is 92.9 Å². The number of hydrogen-bond donors (Lipinski definition) is 1. The molecule has 0 aliphatic rings.